The maximum absolute atomic E-state index is 12.6. The van der Waals surface area contributed by atoms with E-state index in [9.17, 15) is 14.7 Å². The van der Waals surface area contributed by atoms with Crippen LogP contribution in [-0.2, 0) is 28.9 Å². The molecule has 190 valence electrons. The summed E-state index contributed by atoms with van der Waals surface area (Å²) in [5.74, 6) is 0.261. The fraction of sp³-hybridized carbons (Fsp3) is 0.536. The van der Waals surface area contributed by atoms with Gasteiger partial charge in [0, 0.05) is 24.7 Å². The molecule has 2 aromatic rings. The van der Waals surface area contributed by atoms with Crippen molar-refractivity contribution in [1.82, 2.24) is 15.2 Å². The third kappa shape index (κ3) is 7.79. The third-order valence-corrected chi connectivity index (χ3v) is 6.76. The normalized spacial score (nSPS) is 16.7. The second kappa shape index (κ2) is 13.8. The van der Waals surface area contributed by atoms with Crippen LogP contribution < -0.4 is 10.6 Å². The highest BCUT2D eigenvalue weighted by atomic mass is 16.4. The van der Waals surface area contributed by atoms with Crippen LogP contribution in [0.5, 0.6) is 0 Å². The Kier molecular flexibility index (Phi) is 10.5. The first-order valence-corrected chi connectivity index (χ1v) is 13.1. The number of piperidine rings is 1. The van der Waals surface area contributed by atoms with Crippen LogP contribution in [0.3, 0.4) is 0 Å². The van der Waals surface area contributed by atoms with Crippen LogP contribution in [0.2, 0.25) is 0 Å². The smallest absolute Gasteiger partial charge is 0.321 e. The highest BCUT2D eigenvalue weighted by Gasteiger charge is 2.32. The van der Waals surface area contributed by atoms with Crippen LogP contribution in [0.25, 0.3) is 0 Å². The Hall–Kier alpha value is -2.93. The minimum Gasteiger partial charge on any atom is -0.480 e. The number of aliphatic carboxylic acids is 1. The van der Waals surface area contributed by atoms with Gasteiger partial charge in [-0.05, 0) is 75.2 Å². The molecule has 7 nitrogen and oxygen atoms in total. The van der Waals surface area contributed by atoms with Gasteiger partial charge in [-0.1, -0.05) is 50.2 Å². The van der Waals surface area contributed by atoms with Gasteiger partial charge >= 0.3 is 5.97 Å². The molecule has 1 unspecified atom stereocenters. The highest BCUT2D eigenvalue weighted by molar-refractivity contribution is 5.79. The first kappa shape index (κ1) is 26.7. The van der Waals surface area contributed by atoms with E-state index in [0.29, 0.717) is 38.9 Å². The largest absolute Gasteiger partial charge is 0.480 e. The van der Waals surface area contributed by atoms with Crippen molar-refractivity contribution in [2.45, 2.75) is 64.8 Å². The summed E-state index contributed by atoms with van der Waals surface area (Å²) in [6.07, 6.45) is 5.82. The molecule has 0 spiro atoms. The van der Waals surface area contributed by atoms with Crippen LogP contribution >= 0.6 is 0 Å². The van der Waals surface area contributed by atoms with Crippen molar-refractivity contribution < 1.29 is 14.7 Å². The number of carbonyl (C=O) groups excluding carboxylic acids is 1. The molecule has 0 aliphatic carbocycles. The molecule has 1 aromatic carbocycles. The molecule has 0 radical (unpaired) electrons. The third-order valence-electron chi connectivity index (χ3n) is 6.76. The molecule has 3 N–H and O–H groups in total. The Bertz CT molecular complexity index is 942. The number of hydrogen-bond acceptors (Lipinski definition) is 5. The fourth-order valence-corrected chi connectivity index (χ4v) is 4.82. The van der Waals surface area contributed by atoms with Gasteiger partial charge in [-0.3, -0.25) is 14.5 Å². The molecule has 1 fully saturated rings. The zero-order valence-electron chi connectivity index (χ0n) is 21.1. The molecule has 1 aromatic heterocycles. The number of nitrogens with one attached hydrogen (secondary N) is 2. The summed E-state index contributed by atoms with van der Waals surface area (Å²) in [7, 11) is 0. The molecule has 1 saturated heterocycles. The molecule has 0 saturated carbocycles. The number of fused-ring (bicyclic) bond motifs is 1. The Morgan fingerprint density at radius 3 is 2.60 bits per heavy atom. The fourth-order valence-electron chi connectivity index (χ4n) is 4.82. The number of aryl methyl sites for hydroxylation is 2. The van der Waals surface area contributed by atoms with E-state index in [4.69, 9.17) is 4.98 Å². The van der Waals surface area contributed by atoms with Crippen molar-refractivity contribution in [2.75, 3.05) is 31.5 Å². The maximum Gasteiger partial charge on any atom is 0.321 e. The number of likely N-dealkylation sites (tertiary alicyclic amines) is 1. The standard InChI is InChI=1S/C26H34N4O3.C2H6/c31-25(28-15-5-9-22-11-10-20-8-4-14-27-24(20)29-22)21-12-16-30(17-13-21)23(26(32)33)18-19-6-2-1-3-7-19;1-2/h1-3,6-7,10-11,21,23H,4-5,8-9,12-18H2,(H,27,29)(H,28,31)(H,32,33);1-2H3. The number of carboxylic acids is 1. The predicted molar refractivity (Wildman–Crippen MR) is 140 cm³/mol. The van der Waals surface area contributed by atoms with E-state index in [0.717, 1.165) is 49.3 Å². The molecule has 7 heteroatoms. The SMILES string of the molecule is CC.O=C(NCCCc1ccc2c(n1)NCCC2)C1CCN(C(Cc2ccccc2)C(=O)O)CC1. The average molecular weight is 481 g/mol. The van der Waals surface area contributed by atoms with Crippen LogP contribution in [0.15, 0.2) is 42.5 Å². The lowest BCUT2D eigenvalue weighted by molar-refractivity contribution is -0.144. The van der Waals surface area contributed by atoms with Crippen molar-refractivity contribution in [3.8, 4) is 0 Å². The number of nitrogens with zero attached hydrogens (tertiary/aromatic N) is 2. The van der Waals surface area contributed by atoms with Gasteiger partial charge in [0.2, 0.25) is 5.91 Å². The average Bonchev–Trinajstić information content (AvgIpc) is 2.91. The summed E-state index contributed by atoms with van der Waals surface area (Å²) in [4.78, 5) is 31.2. The lowest BCUT2D eigenvalue weighted by atomic mass is 9.93. The summed E-state index contributed by atoms with van der Waals surface area (Å²) in [5, 5.41) is 16.2. The summed E-state index contributed by atoms with van der Waals surface area (Å²) in [5.41, 5.74) is 3.37. The van der Waals surface area contributed by atoms with Gasteiger partial charge in [0.05, 0.1) is 0 Å². The lowest BCUT2D eigenvalue weighted by Gasteiger charge is -2.35. The summed E-state index contributed by atoms with van der Waals surface area (Å²) in [6, 6.07) is 13.4. The van der Waals surface area contributed by atoms with Gasteiger partial charge < -0.3 is 15.7 Å². The van der Waals surface area contributed by atoms with E-state index in [2.05, 4.69) is 22.8 Å². The Morgan fingerprint density at radius 2 is 1.89 bits per heavy atom. The molecule has 2 aliphatic heterocycles. The Balaban J connectivity index is 0.00000167. The zero-order valence-corrected chi connectivity index (χ0v) is 21.1. The molecule has 35 heavy (non-hydrogen) atoms. The molecule has 4 rings (SSSR count). The van der Waals surface area contributed by atoms with Crippen LogP contribution in [-0.4, -0.2) is 59.1 Å². The second-order valence-corrected chi connectivity index (χ2v) is 9.09. The molecule has 0 bridgehead atoms. The molecular formula is C28H40N4O3. The first-order chi connectivity index (χ1) is 17.1. The highest BCUT2D eigenvalue weighted by Crippen LogP contribution is 2.22. The van der Waals surface area contributed by atoms with Crippen LogP contribution in [0.1, 0.15) is 56.4 Å². The molecular weight excluding hydrogens is 440 g/mol. The minimum absolute atomic E-state index is 0.0431. The maximum atomic E-state index is 12.6. The van der Waals surface area contributed by atoms with Gasteiger partial charge in [0.15, 0.2) is 0 Å². The summed E-state index contributed by atoms with van der Waals surface area (Å²) >= 11 is 0. The first-order valence-electron chi connectivity index (χ1n) is 13.1. The van der Waals surface area contributed by atoms with E-state index in [1.165, 1.54) is 5.56 Å². The topological polar surface area (TPSA) is 94.6 Å². The number of carbonyl (C=O) groups is 2. The molecule has 3 heterocycles. The van der Waals surface area contributed by atoms with E-state index < -0.39 is 12.0 Å². The monoisotopic (exact) mass is 480 g/mol. The van der Waals surface area contributed by atoms with Gasteiger partial charge in [-0.2, -0.15) is 0 Å². The number of hydrogen-bond donors (Lipinski definition) is 3. The number of rotatable bonds is 9. The predicted octanol–water partition coefficient (Wildman–Crippen LogP) is 3.92. The van der Waals surface area contributed by atoms with Gasteiger partial charge in [-0.25, -0.2) is 4.98 Å². The van der Waals surface area contributed by atoms with Crippen LogP contribution in [0, 0.1) is 5.92 Å². The number of anilines is 1. The Morgan fingerprint density at radius 1 is 1.14 bits per heavy atom. The zero-order chi connectivity index (χ0) is 25.0. The van der Waals surface area contributed by atoms with Crippen LogP contribution in [0.4, 0.5) is 5.82 Å². The van der Waals surface area contributed by atoms with Crippen molar-refractivity contribution in [3.63, 3.8) is 0 Å². The molecule has 2 aliphatic rings. The van der Waals surface area contributed by atoms with Crippen molar-refractivity contribution >= 4 is 17.7 Å². The Labute approximate surface area is 209 Å². The van der Waals surface area contributed by atoms with E-state index in [-0.39, 0.29) is 11.8 Å². The lowest BCUT2D eigenvalue weighted by Crippen LogP contribution is -2.48. The quantitative estimate of drug-likeness (QED) is 0.471. The number of benzene rings is 1. The van der Waals surface area contributed by atoms with Crippen molar-refractivity contribution in [3.05, 3.63) is 59.3 Å². The second-order valence-electron chi connectivity index (χ2n) is 9.09. The van der Waals surface area contributed by atoms with Gasteiger partial charge in [-0.15, -0.1) is 0 Å². The number of aromatic nitrogens is 1. The minimum atomic E-state index is -0.798. The summed E-state index contributed by atoms with van der Waals surface area (Å²) < 4.78 is 0. The van der Waals surface area contributed by atoms with Crippen molar-refractivity contribution in [2.24, 2.45) is 5.92 Å². The van der Waals surface area contributed by atoms with Gasteiger partial charge in [0.1, 0.15) is 11.9 Å². The summed E-state index contributed by atoms with van der Waals surface area (Å²) in [6.45, 7) is 6.89. The van der Waals surface area contributed by atoms with Crippen molar-refractivity contribution in [1.29, 1.82) is 0 Å². The number of carboxylic acid groups (broad SMARTS) is 1. The number of pyridine rings is 1. The van der Waals surface area contributed by atoms with E-state index in [1.54, 1.807) is 0 Å². The molecule has 1 amide bonds. The molecule has 1 atom stereocenters. The number of amides is 1. The van der Waals surface area contributed by atoms with E-state index in [1.807, 2.05) is 49.1 Å². The van der Waals surface area contributed by atoms with E-state index >= 15 is 0 Å². The van der Waals surface area contributed by atoms with Gasteiger partial charge in [0.25, 0.3) is 0 Å².